The number of halogens is 1. The van der Waals surface area contributed by atoms with E-state index in [0.717, 1.165) is 27.4 Å². The van der Waals surface area contributed by atoms with Crippen LogP contribution in [0.3, 0.4) is 0 Å². The minimum absolute atomic E-state index is 0.219. The lowest BCUT2D eigenvalue weighted by Crippen LogP contribution is -2.18. The number of rotatable bonds is 5. The van der Waals surface area contributed by atoms with Crippen LogP contribution in [-0.4, -0.2) is 28.7 Å². The molecule has 1 amide bonds. The van der Waals surface area contributed by atoms with E-state index in [1.54, 1.807) is 23.5 Å². The number of thioether (sulfide) groups is 2. The van der Waals surface area contributed by atoms with Crippen molar-refractivity contribution >= 4 is 62.6 Å². The van der Waals surface area contributed by atoms with Gasteiger partial charge in [0.15, 0.2) is 4.80 Å². The number of carbonyl (C=O) groups is 1. The number of benzene rings is 2. The summed E-state index contributed by atoms with van der Waals surface area (Å²) >= 11 is 11.0. The topological polar surface area (TPSA) is 34.4 Å². The van der Waals surface area contributed by atoms with E-state index in [0.29, 0.717) is 15.4 Å². The first-order valence-electron chi connectivity index (χ1n) is 7.63. The molecule has 0 aliphatic heterocycles. The Morgan fingerprint density at radius 1 is 1.20 bits per heavy atom. The van der Waals surface area contributed by atoms with Crippen molar-refractivity contribution in [2.75, 3.05) is 18.3 Å². The fourth-order valence-electron chi connectivity index (χ4n) is 2.42. The summed E-state index contributed by atoms with van der Waals surface area (Å²) < 4.78 is 3.14. The molecule has 0 aliphatic rings. The number of aryl methyl sites for hydroxylation is 1. The van der Waals surface area contributed by atoms with Crippen LogP contribution in [0.2, 0.25) is 5.02 Å². The minimum Gasteiger partial charge on any atom is -0.316 e. The molecule has 0 aliphatic carbocycles. The highest BCUT2D eigenvalue weighted by Gasteiger charge is 2.10. The molecule has 3 rings (SSSR count). The van der Waals surface area contributed by atoms with Crippen molar-refractivity contribution in [3.63, 3.8) is 0 Å². The van der Waals surface area contributed by atoms with E-state index in [9.17, 15) is 4.79 Å². The van der Waals surface area contributed by atoms with Crippen molar-refractivity contribution in [2.45, 2.75) is 11.4 Å². The van der Waals surface area contributed by atoms with Gasteiger partial charge in [-0.1, -0.05) is 22.9 Å². The standard InChI is InChI=1S/C18H17ClN2OS3/c1-23-10-9-21-15-8-5-13(19)11-16(15)25-18(21)20-17(22)12-3-6-14(24-2)7-4-12/h3-8,11H,9-10H2,1-2H3. The number of amides is 1. The Kier molecular flexibility index (Phi) is 6.28. The predicted molar refractivity (Wildman–Crippen MR) is 111 cm³/mol. The average Bonchev–Trinajstić information content (AvgIpc) is 2.95. The van der Waals surface area contributed by atoms with Crippen LogP contribution in [0.15, 0.2) is 52.4 Å². The fraction of sp³-hybridized carbons (Fsp3) is 0.222. The van der Waals surface area contributed by atoms with E-state index >= 15 is 0 Å². The lowest BCUT2D eigenvalue weighted by atomic mass is 10.2. The van der Waals surface area contributed by atoms with Gasteiger partial charge in [0.1, 0.15) is 0 Å². The molecule has 0 saturated heterocycles. The van der Waals surface area contributed by atoms with E-state index in [1.165, 1.54) is 11.3 Å². The molecule has 0 spiro atoms. The van der Waals surface area contributed by atoms with Gasteiger partial charge in [0.25, 0.3) is 5.91 Å². The van der Waals surface area contributed by atoms with Gasteiger partial charge >= 0.3 is 0 Å². The Labute approximate surface area is 164 Å². The lowest BCUT2D eigenvalue weighted by molar-refractivity contribution is 0.0998. The van der Waals surface area contributed by atoms with Gasteiger partial charge in [0.2, 0.25) is 0 Å². The molecule has 0 saturated carbocycles. The Bertz CT molecular complexity index is 961. The number of aromatic nitrogens is 1. The zero-order valence-corrected chi connectivity index (χ0v) is 17.1. The van der Waals surface area contributed by atoms with Gasteiger partial charge in [0.05, 0.1) is 10.2 Å². The van der Waals surface area contributed by atoms with Gasteiger partial charge in [-0.05, 0) is 55.0 Å². The highest BCUT2D eigenvalue weighted by molar-refractivity contribution is 7.98. The third kappa shape index (κ3) is 4.31. The van der Waals surface area contributed by atoms with E-state index in [4.69, 9.17) is 11.6 Å². The Hall–Kier alpha value is -1.21. The third-order valence-electron chi connectivity index (χ3n) is 3.70. The van der Waals surface area contributed by atoms with Gasteiger partial charge in [-0.3, -0.25) is 4.79 Å². The van der Waals surface area contributed by atoms with Crippen molar-refractivity contribution in [1.82, 2.24) is 4.57 Å². The van der Waals surface area contributed by atoms with Gasteiger partial charge in [-0.25, -0.2) is 0 Å². The van der Waals surface area contributed by atoms with Crippen LogP contribution in [0.1, 0.15) is 10.4 Å². The maximum absolute atomic E-state index is 12.6. The van der Waals surface area contributed by atoms with Crippen molar-refractivity contribution in [3.8, 4) is 0 Å². The molecule has 1 aromatic heterocycles. The van der Waals surface area contributed by atoms with Crippen LogP contribution in [0, 0.1) is 0 Å². The largest absolute Gasteiger partial charge is 0.316 e. The quantitative estimate of drug-likeness (QED) is 0.545. The summed E-state index contributed by atoms with van der Waals surface area (Å²) in [7, 11) is 0. The summed E-state index contributed by atoms with van der Waals surface area (Å²) in [5, 5.41) is 0.691. The monoisotopic (exact) mass is 408 g/mol. The van der Waals surface area contributed by atoms with Gasteiger partial charge < -0.3 is 4.57 Å². The normalized spacial score (nSPS) is 12.0. The molecule has 130 valence electrons. The summed E-state index contributed by atoms with van der Waals surface area (Å²) in [6.45, 7) is 0.806. The molecular formula is C18H17ClN2OS3. The molecule has 0 radical (unpaired) electrons. The second-order valence-corrected chi connectivity index (χ2v) is 8.60. The smallest absolute Gasteiger partial charge is 0.279 e. The van der Waals surface area contributed by atoms with Gasteiger partial charge in [0, 0.05) is 27.8 Å². The van der Waals surface area contributed by atoms with Gasteiger partial charge in [-0.15, -0.1) is 11.8 Å². The van der Waals surface area contributed by atoms with Crippen molar-refractivity contribution in [3.05, 3.63) is 57.9 Å². The molecule has 0 N–H and O–H groups in total. The van der Waals surface area contributed by atoms with Gasteiger partial charge in [-0.2, -0.15) is 16.8 Å². The van der Waals surface area contributed by atoms with Crippen LogP contribution < -0.4 is 4.80 Å². The van der Waals surface area contributed by atoms with Crippen LogP contribution in [-0.2, 0) is 6.54 Å². The molecule has 3 nitrogen and oxygen atoms in total. The molecule has 0 unspecified atom stereocenters. The third-order valence-corrected chi connectivity index (χ3v) is 6.31. The molecule has 0 atom stereocenters. The number of thiazole rings is 1. The first-order valence-corrected chi connectivity index (χ1v) is 11.4. The summed E-state index contributed by atoms with van der Waals surface area (Å²) in [6.07, 6.45) is 4.08. The van der Waals surface area contributed by atoms with Crippen molar-refractivity contribution < 1.29 is 4.79 Å². The van der Waals surface area contributed by atoms with Crippen molar-refractivity contribution in [2.24, 2.45) is 4.99 Å². The predicted octanol–water partition coefficient (Wildman–Crippen LogP) is 5.18. The second kappa shape index (κ2) is 8.45. The summed E-state index contributed by atoms with van der Waals surface area (Å²) in [5.74, 6) is 0.737. The highest BCUT2D eigenvalue weighted by atomic mass is 35.5. The highest BCUT2D eigenvalue weighted by Crippen LogP contribution is 2.22. The number of hydrogen-bond donors (Lipinski definition) is 0. The molecule has 2 aromatic carbocycles. The van der Waals surface area contributed by atoms with E-state index in [1.807, 2.05) is 48.7 Å². The molecule has 1 heterocycles. The minimum atomic E-state index is -0.219. The fourth-order valence-corrected chi connectivity index (χ4v) is 4.52. The van der Waals surface area contributed by atoms with E-state index < -0.39 is 0 Å². The lowest BCUT2D eigenvalue weighted by Gasteiger charge is -2.04. The van der Waals surface area contributed by atoms with E-state index in [2.05, 4.69) is 15.8 Å². The zero-order valence-electron chi connectivity index (χ0n) is 13.9. The molecule has 7 heteroatoms. The summed E-state index contributed by atoms with van der Waals surface area (Å²) in [4.78, 5) is 18.8. The maximum atomic E-state index is 12.6. The number of nitrogens with zero attached hydrogens (tertiary/aromatic N) is 2. The van der Waals surface area contributed by atoms with Crippen LogP contribution >= 0.6 is 46.5 Å². The molecule has 0 bridgehead atoms. The first-order chi connectivity index (χ1) is 12.1. The molecule has 0 fully saturated rings. The zero-order chi connectivity index (χ0) is 17.8. The number of carbonyl (C=O) groups excluding carboxylic acids is 1. The Morgan fingerprint density at radius 2 is 1.96 bits per heavy atom. The Morgan fingerprint density at radius 3 is 2.64 bits per heavy atom. The second-order valence-electron chi connectivity index (χ2n) is 5.29. The van der Waals surface area contributed by atoms with Crippen LogP contribution in [0.5, 0.6) is 0 Å². The van der Waals surface area contributed by atoms with Crippen LogP contribution in [0.25, 0.3) is 10.2 Å². The SMILES string of the molecule is CSCCn1c(=NC(=O)c2ccc(SC)cc2)sc2cc(Cl)ccc21. The van der Waals surface area contributed by atoms with Crippen molar-refractivity contribution in [1.29, 1.82) is 0 Å². The first kappa shape index (κ1) is 18.6. The summed E-state index contributed by atoms with van der Waals surface area (Å²) in [6, 6.07) is 13.3. The molecule has 25 heavy (non-hydrogen) atoms. The molecule has 3 aromatic rings. The number of hydrogen-bond acceptors (Lipinski definition) is 4. The molecular weight excluding hydrogens is 392 g/mol. The Balaban J connectivity index is 2.05. The van der Waals surface area contributed by atoms with Crippen LogP contribution in [0.4, 0.5) is 0 Å². The number of fused-ring (bicyclic) bond motifs is 1. The van der Waals surface area contributed by atoms with E-state index in [-0.39, 0.29) is 5.91 Å². The average molecular weight is 409 g/mol. The summed E-state index contributed by atoms with van der Waals surface area (Å²) in [5.41, 5.74) is 1.66. The maximum Gasteiger partial charge on any atom is 0.279 e.